The number of likely N-dealkylation sites (N-methyl/N-ethyl adjacent to an activating group) is 1. The Morgan fingerprint density at radius 2 is 1.88 bits per heavy atom. The van der Waals surface area contributed by atoms with Crippen LogP contribution in [0.3, 0.4) is 0 Å². The van der Waals surface area contributed by atoms with Crippen LogP contribution in [0.2, 0.25) is 0 Å². The molecule has 0 amide bonds. The molecule has 0 heterocycles. The average Bonchev–Trinajstić information content (AvgIpc) is 2.35. The van der Waals surface area contributed by atoms with Crippen LogP contribution in [0.1, 0.15) is 45.4 Å². The van der Waals surface area contributed by atoms with Gasteiger partial charge in [0.05, 0.1) is 5.54 Å². The monoisotopic (exact) mass is 241 g/mol. The van der Waals surface area contributed by atoms with Crippen molar-refractivity contribution in [1.29, 1.82) is 0 Å². The maximum atomic E-state index is 12.7. The molecule has 0 N–H and O–H groups in total. The number of hydrogen-bond donors (Lipinski definition) is 0. The molecule has 1 aliphatic rings. The Kier molecular flexibility index (Phi) is 5.60. The molecular formula is C14H27NO2. The summed E-state index contributed by atoms with van der Waals surface area (Å²) in [5.41, 5.74) is -0.203. The summed E-state index contributed by atoms with van der Waals surface area (Å²) in [7, 11) is 5.79. The SMILES string of the molecule is COCCC(C)C(=O)C1(N(C)C)CCCCC1. The van der Waals surface area contributed by atoms with Crippen molar-refractivity contribution < 1.29 is 9.53 Å². The van der Waals surface area contributed by atoms with Crippen LogP contribution < -0.4 is 0 Å². The number of carbonyl (C=O) groups excluding carboxylic acids is 1. The summed E-state index contributed by atoms with van der Waals surface area (Å²) in [5, 5.41) is 0. The van der Waals surface area contributed by atoms with Crippen LogP contribution in [0, 0.1) is 5.92 Å². The molecule has 100 valence electrons. The Balaban J connectivity index is 2.72. The van der Waals surface area contributed by atoms with E-state index in [9.17, 15) is 4.79 Å². The fourth-order valence-electron chi connectivity index (χ4n) is 2.94. The molecule has 0 bridgehead atoms. The van der Waals surface area contributed by atoms with Gasteiger partial charge in [0.25, 0.3) is 0 Å². The number of ketones is 1. The van der Waals surface area contributed by atoms with Crippen molar-refractivity contribution in [1.82, 2.24) is 4.90 Å². The highest BCUT2D eigenvalue weighted by Gasteiger charge is 2.42. The minimum absolute atomic E-state index is 0.107. The lowest BCUT2D eigenvalue weighted by molar-refractivity contribution is -0.136. The second-order valence-electron chi connectivity index (χ2n) is 5.53. The first kappa shape index (κ1) is 14.7. The van der Waals surface area contributed by atoms with Gasteiger partial charge in [-0.2, -0.15) is 0 Å². The average molecular weight is 241 g/mol. The van der Waals surface area contributed by atoms with Gasteiger partial charge in [-0.25, -0.2) is 0 Å². The zero-order valence-electron chi connectivity index (χ0n) is 11.8. The highest BCUT2D eigenvalue weighted by Crippen LogP contribution is 2.35. The van der Waals surface area contributed by atoms with Gasteiger partial charge in [0.15, 0.2) is 5.78 Å². The summed E-state index contributed by atoms with van der Waals surface area (Å²) in [5.74, 6) is 0.523. The van der Waals surface area contributed by atoms with E-state index in [-0.39, 0.29) is 11.5 Å². The molecular weight excluding hydrogens is 214 g/mol. The van der Waals surface area contributed by atoms with Crippen molar-refractivity contribution in [2.24, 2.45) is 5.92 Å². The fourth-order valence-corrected chi connectivity index (χ4v) is 2.94. The summed E-state index contributed by atoms with van der Waals surface area (Å²) < 4.78 is 5.08. The third-order valence-corrected chi connectivity index (χ3v) is 4.20. The fraction of sp³-hybridized carbons (Fsp3) is 0.929. The van der Waals surface area contributed by atoms with E-state index in [4.69, 9.17) is 4.74 Å². The van der Waals surface area contributed by atoms with Gasteiger partial charge in [0, 0.05) is 19.6 Å². The van der Waals surface area contributed by atoms with Gasteiger partial charge in [0.1, 0.15) is 0 Å². The van der Waals surface area contributed by atoms with E-state index < -0.39 is 0 Å². The molecule has 1 saturated carbocycles. The molecule has 1 rings (SSSR count). The molecule has 0 radical (unpaired) electrons. The minimum atomic E-state index is -0.203. The van der Waals surface area contributed by atoms with Crippen LogP contribution in [0.15, 0.2) is 0 Å². The molecule has 0 saturated heterocycles. The van der Waals surface area contributed by atoms with Gasteiger partial charge >= 0.3 is 0 Å². The van der Waals surface area contributed by atoms with E-state index in [0.29, 0.717) is 12.4 Å². The highest BCUT2D eigenvalue weighted by atomic mass is 16.5. The largest absolute Gasteiger partial charge is 0.385 e. The molecule has 1 atom stereocenters. The minimum Gasteiger partial charge on any atom is -0.385 e. The number of Topliss-reactive ketones (excluding diaryl/α,β-unsaturated/α-hetero) is 1. The third kappa shape index (κ3) is 3.29. The quantitative estimate of drug-likeness (QED) is 0.715. The van der Waals surface area contributed by atoms with Gasteiger partial charge < -0.3 is 4.74 Å². The van der Waals surface area contributed by atoms with E-state index >= 15 is 0 Å². The van der Waals surface area contributed by atoms with Gasteiger partial charge in [0.2, 0.25) is 0 Å². The maximum Gasteiger partial charge on any atom is 0.155 e. The summed E-state index contributed by atoms with van der Waals surface area (Å²) in [6.45, 7) is 2.72. The van der Waals surface area contributed by atoms with Crippen molar-refractivity contribution in [2.75, 3.05) is 27.8 Å². The van der Waals surface area contributed by atoms with Crippen LogP contribution in [-0.2, 0) is 9.53 Å². The Morgan fingerprint density at radius 3 is 2.35 bits per heavy atom. The van der Waals surface area contributed by atoms with Crippen molar-refractivity contribution in [2.45, 2.75) is 51.0 Å². The number of nitrogens with zero attached hydrogens (tertiary/aromatic N) is 1. The van der Waals surface area contributed by atoms with Crippen LogP contribution >= 0.6 is 0 Å². The second-order valence-corrected chi connectivity index (χ2v) is 5.53. The zero-order chi connectivity index (χ0) is 12.9. The van der Waals surface area contributed by atoms with Crippen molar-refractivity contribution >= 4 is 5.78 Å². The van der Waals surface area contributed by atoms with E-state index in [1.54, 1.807) is 7.11 Å². The molecule has 0 aromatic carbocycles. The number of hydrogen-bond acceptors (Lipinski definition) is 3. The summed E-state index contributed by atoms with van der Waals surface area (Å²) in [4.78, 5) is 14.8. The predicted molar refractivity (Wildman–Crippen MR) is 70.2 cm³/mol. The second kappa shape index (κ2) is 6.50. The lowest BCUT2D eigenvalue weighted by atomic mass is 9.73. The topological polar surface area (TPSA) is 29.5 Å². The Morgan fingerprint density at radius 1 is 1.29 bits per heavy atom. The van der Waals surface area contributed by atoms with Crippen molar-refractivity contribution in [3.63, 3.8) is 0 Å². The highest BCUT2D eigenvalue weighted by molar-refractivity contribution is 5.90. The van der Waals surface area contributed by atoms with E-state index in [2.05, 4.69) is 4.90 Å². The Bertz CT molecular complexity index is 245. The standard InChI is InChI=1S/C14H27NO2/c1-12(8-11-17-4)13(16)14(15(2)3)9-6-5-7-10-14/h12H,5-11H2,1-4H3. The lowest BCUT2D eigenvalue weighted by Gasteiger charge is -2.43. The molecule has 1 fully saturated rings. The first-order chi connectivity index (χ1) is 8.04. The number of ether oxygens (including phenoxy) is 1. The molecule has 0 aliphatic heterocycles. The van der Waals surface area contributed by atoms with Gasteiger partial charge in [-0.15, -0.1) is 0 Å². The molecule has 0 spiro atoms. The molecule has 3 heteroatoms. The van der Waals surface area contributed by atoms with Crippen LogP contribution in [0.25, 0.3) is 0 Å². The lowest BCUT2D eigenvalue weighted by Crippen LogP contribution is -2.54. The van der Waals surface area contributed by atoms with E-state index in [1.165, 1.54) is 19.3 Å². The Labute approximate surface area is 106 Å². The number of methoxy groups -OCH3 is 1. The van der Waals surface area contributed by atoms with Crippen LogP contribution in [-0.4, -0.2) is 44.0 Å². The van der Waals surface area contributed by atoms with Crippen LogP contribution in [0.4, 0.5) is 0 Å². The first-order valence-electron chi connectivity index (χ1n) is 6.75. The maximum absolute atomic E-state index is 12.7. The third-order valence-electron chi connectivity index (χ3n) is 4.20. The molecule has 0 aromatic heterocycles. The molecule has 17 heavy (non-hydrogen) atoms. The van der Waals surface area contributed by atoms with Crippen LogP contribution in [0.5, 0.6) is 0 Å². The van der Waals surface area contributed by atoms with Crippen molar-refractivity contribution in [3.8, 4) is 0 Å². The Hall–Kier alpha value is -0.410. The van der Waals surface area contributed by atoms with Gasteiger partial charge in [-0.1, -0.05) is 26.2 Å². The van der Waals surface area contributed by atoms with E-state index in [0.717, 1.165) is 19.3 Å². The molecule has 3 nitrogen and oxygen atoms in total. The molecule has 0 aromatic rings. The van der Waals surface area contributed by atoms with E-state index in [1.807, 2.05) is 21.0 Å². The molecule has 1 unspecified atom stereocenters. The van der Waals surface area contributed by atoms with Gasteiger partial charge in [-0.05, 0) is 33.4 Å². The normalized spacial score (nSPS) is 21.5. The number of rotatable bonds is 6. The zero-order valence-corrected chi connectivity index (χ0v) is 11.8. The van der Waals surface area contributed by atoms with Crippen molar-refractivity contribution in [3.05, 3.63) is 0 Å². The molecule has 1 aliphatic carbocycles. The van der Waals surface area contributed by atoms with Gasteiger partial charge in [-0.3, -0.25) is 9.69 Å². The predicted octanol–water partition coefficient (Wildman–Crippen LogP) is 2.49. The summed E-state index contributed by atoms with van der Waals surface area (Å²) in [6, 6.07) is 0. The smallest absolute Gasteiger partial charge is 0.155 e. The first-order valence-corrected chi connectivity index (χ1v) is 6.75. The number of carbonyl (C=O) groups is 1. The summed E-state index contributed by atoms with van der Waals surface area (Å²) in [6.07, 6.45) is 6.52. The summed E-state index contributed by atoms with van der Waals surface area (Å²) >= 11 is 0.